The number of rotatable bonds is 4. The molecule has 0 unspecified atom stereocenters. The topological polar surface area (TPSA) is 42.9 Å². The number of nitrogens with zero attached hydrogens (tertiary/aromatic N) is 2. The normalized spacial score (nSPS) is 16.4. The van der Waals surface area contributed by atoms with Crippen LogP contribution in [0.4, 0.5) is 0 Å². The Hall–Kier alpha value is -4.37. The fourth-order valence-corrected chi connectivity index (χ4v) is 6.66. The van der Waals surface area contributed by atoms with Crippen LogP contribution in [0.2, 0.25) is 0 Å². The maximum absolute atomic E-state index is 10.5. The number of aryl methyl sites for hydroxylation is 2. The number of aromatic nitrogens is 2. The molecule has 0 atom stereocenters. The average Bonchev–Trinajstić information content (AvgIpc) is 2.99. The summed E-state index contributed by atoms with van der Waals surface area (Å²) in [5.74, 6) is 0.915. The van der Waals surface area contributed by atoms with Crippen LogP contribution in [0, 0.1) is 5.41 Å². The minimum Gasteiger partial charge on any atom is -0.298 e. The molecule has 0 amide bonds. The lowest BCUT2D eigenvalue weighted by Gasteiger charge is -2.40. The minimum atomic E-state index is 0.135. The lowest BCUT2D eigenvalue weighted by Crippen LogP contribution is -2.27. The molecule has 3 heteroatoms. The summed E-state index contributed by atoms with van der Waals surface area (Å²) in [7, 11) is 0. The van der Waals surface area contributed by atoms with Gasteiger partial charge in [-0.15, -0.1) is 0 Å². The highest BCUT2D eigenvalue weighted by molar-refractivity contribution is 5.95. The van der Waals surface area contributed by atoms with Gasteiger partial charge < -0.3 is 0 Å². The Bertz CT molecular complexity index is 1840. The number of hydrogen-bond donors (Lipinski definition) is 0. The van der Waals surface area contributed by atoms with Crippen molar-refractivity contribution >= 4 is 33.4 Å². The lowest BCUT2D eigenvalue weighted by molar-refractivity contribution is 0.112. The van der Waals surface area contributed by atoms with E-state index in [1.165, 1.54) is 38.4 Å². The molecule has 0 fully saturated rings. The third-order valence-electron chi connectivity index (χ3n) is 8.63. The largest absolute Gasteiger partial charge is 0.298 e. The molecule has 7 rings (SSSR count). The van der Waals surface area contributed by atoms with Crippen molar-refractivity contribution in [3.8, 4) is 0 Å². The Morgan fingerprint density at radius 3 is 2.29 bits per heavy atom. The van der Waals surface area contributed by atoms with Gasteiger partial charge in [-0.2, -0.15) is 0 Å². The second kappa shape index (κ2) is 11.1. The van der Waals surface area contributed by atoms with Crippen molar-refractivity contribution in [1.29, 1.82) is 0 Å². The van der Waals surface area contributed by atoms with Gasteiger partial charge in [0.25, 0.3) is 0 Å². The fourth-order valence-electron chi connectivity index (χ4n) is 6.66. The number of benzene rings is 4. The molecule has 0 saturated heterocycles. The molecule has 210 valence electrons. The molecule has 4 aromatic carbocycles. The molecule has 5 aromatic rings. The third-order valence-corrected chi connectivity index (χ3v) is 8.63. The van der Waals surface area contributed by atoms with Crippen LogP contribution in [0.5, 0.6) is 0 Å². The molecule has 0 radical (unpaired) electrons. The molecule has 0 aliphatic heterocycles. The second-order valence-electron chi connectivity index (χ2n) is 13.0. The lowest BCUT2D eigenvalue weighted by atomic mass is 9.64. The summed E-state index contributed by atoms with van der Waals surface area (Å²) in [4.78, 5) is 19.2. The molecule has 42 heavy (non-hydrogen) atoms. The molecule has 1 heterocycles. The van der Waals surface area contributed by atoms with Gasteiger partial charge in [0.2, 0.25) is 0 Å². The summed E-state index contributed by atoms with van der Waals surface area (Å²) in [6.07, 6.45) is 13.4. The van der Waals surface area contributed by atoms with Gasteiger partial charge in [0.15, 0.2) is 0 Å². The van der Waals surface area contributed by atoms with Crippen LogP contribution in [0.1, 0.15) is 73.4 Å². The van der Waals surface area contributed by atoms with E-state index in [2.05, 4.69) is 80.1 Å². The highest BCUT2D eigenvalue weighted by atomic mass is 16.1. The van der Waals surface area contributed by atoms with E-state index in [-0.39, 0.29) is 10.8 Å². The standard InChI is InChI=1S/C28H30N2.C11H8O/c1-27(2)13-12-22-21(17-27)18-28(3,4)26-23(22)10-9-20-8-6-19(16-24(20)26)7-11-25-29-14-5-15-30-25;12-8-9-5-6-10-3-1-2-4-11(10)7-9/h5-6,8-10,12-16H,7,11,17-18H2,1-4H3;1-8H. The molecule has 1 aromatic heterocycles. The number of hydrogen-bond acceptors (Lipinski definition) is 3. The summed E-state index contributed by atoms with van der Waals surface area (Å²) < 4.78 is 0. The van der Waals surface area contributed by atoms with E-state index in [0.717, 1.165) is 48.7 Å². The Labute approximate surface area is 249 Å². The Balaban J connectivity index is 0.000000219. The maximum atomic E-state index is 10.5. The zero-order chi connectivity index (χ0) is 29.3. The number of carbonyl (C=O) groups is 1. The van der Waals surface area contributed by atoms with Gasteiger partial charge in [-0.1, -0.05) is 112 Å². The molecule has 0 saturated carbocycles. The van der Waals surface area contributed by atoms with Crippen LogP contribution in [0.15, 0.2) is 109 Å². The SMILES string of the molecule is CC1(C)C=CC2=C(C1)CC(C)(C)c1c2ccc2ccc(CCc3ncccn3)cc12.O=Cc1ccc2ccccc2c1. The van der Waals surface area contributed by atoms with Crippen molar-refractivity contribution < 1.29 is 4.79 Å². The third kappa shape index (κ3) is 5.69. The van der Waals surface area contributed by atoms with E-state index >= 15 is 0 Å². The average molecular weight is 551 g/mol. The Kier molecular flexibility index (Phi) is 7.36. The molecular formula is C39H38N2O. The predicted octanol–water partition coefficient (Wildman–Crippen LogP) is 9.49. The predicted molar refractivity (Wildman–Crippen MR) is 175 cm³/mol. The minimum absolute atomic E-state index is 0.135. The van der Waals surface area contributed by atoms with E-state index in [0.29, 0.717) is 0 Å². The highest BCUT2D eigenvalue weighted by Crippen LogP contribution is 2.51. The monoisotopic (exact) mass is 550 g/mol. The van der Waals surface area contributed by atoms with E-state index in [4.69, 9.17) is 0 Å². The molecule has 0 N–H and O–H groups in total. The van der Waals surface area contributed by atoms with E-state index in [1.54, 1.807) is 5.57 Å². The summed E-state index contributed by atoms with van der Waals surface area (Å²) in [5.41, 5.74) is 8.52. The van der Waals surface area contributed by atoms with Gasteiger partial charge in [-0.3, -0.25) is 4.79 Å². The van der Waals surface area contributed by atoms with Crippen LogP contribution in [-0.4, -0.2) is 16.3 Å². The van der Waals surface area contributed by atoms with Gasteiger partial charge in [-0.05, 0) is 86.0 Å². The smallest absolute Gasteiger partial charge is 0.150 e. The summed E-state index contributed by atoms with van der Waals surface area (Å²) in [6.45, 7) is 9.54. The van der Waals surface area contributed by atoms with Crippen LogP contribution >= 0.6 is 0 Å². The van der Waals surface area contributed by atoms with E-state index in [9.17, 15) is 4.79 Å². The van der Waals surface area contributed by atoms with E-state index in [1.807, 2.05) is 60.9 Å². The van der Waals surface area contributed by atoms with Gasteiger partial charge in [0, 0.05) is 24.4 Å². The number of aldehydes is 1. The van der Waals surface area contributed by atoms with E-state index < -0.39 is 0 Å². The molecule has 2 aliphatic rings. The molecule has 0 spiro atoms. The number of allylic oxidation sites excluding steroid dienone is 4. The zero-order valence-electron chi connectivity index (χ0n) is 25.0. The van der Waals surface area contributed by atoms with Crippen LogP contribution < -0.4 is 0 Å². The van der Waals surface area contributed by atoms with Crippen molar-refractivity contribution in [3.05, 3.63) is 137 Å². The summed E-state index contributed by atoms with van der Waals surface area (Å²) >= 11 is 0. The maximum Gasteiger partial charge on any atom is 0.150 e. The first kappa shape index (κ1) is 27.8. The van der Waals surface area contributed by atoms with Gasteiger partial charge >= 0.3 is 0 Å². The Morgan fingerprint density at radius 2 is 1.50 bits per heavy atom. The van der Waals surface area contributed by atoms with Gasteiger partial charge in [0.05, 0.1) is 0 Å². The van der Waals surface area contributed by atoms with Crippen LogP contribution in [0.25, 0.3) is 27.1 Å². The molecule has 2 aliphatic carbocycles. The van der Waals surface area contributed by atoms with Crippen LogP contribution in [0.3, 0.4) is 0 Å². The van der Waals surface area contributed by atoms with Crippen LogP contribution in [-0.2, 0) is 18.3 Å². The quantitative estimate of drug-likeness (QED) is 0.209. The van der Waals surface area contributed by atoms with Gasteiger partial charge in [-0.25, -0.2) is 9.97 Å². The first-order chi connectivity index (χ1) is 20.2. The Morgan fingerprint density at radius 1 is 0.762 bits per heavy atom. The molecular weight excluding hydrogens is 512 g/mol. The van der Waals surface area contributed by atoms with Crippen molar-refractivity contribution in [2.45, 2.75) is 58.8 Å². The zero-order valence-corrected chi connectivity index (χ0v) is 25.0. The fraction of sp³-hybridized carbons (Fsp3) is 0.256. The first-order valence-electron chi connectivity index (χ1n) is 14.9. The highest BCUT2D eigenvalue weighted by Gasteiger charge is 2.36. The van der Waals surface area contributed by atoms with Crippen molar-refractivity contribution in [2.24, 2.45) is 5.41 Å². The summed E-state index contributed by atoms with van der Waals surface area (Å²) in [5, 5.41) is 5.03. The van der Waals surface area contributed by atoms with Gasteiger partial charge in [0.1, 0.15) is 12.1 Å². The molecule has 3 nitrogen and oxygen atoms in total. The first-order valence-corrected chi connectivity index (χ1v) is 14.9. The van der Waals surface area contributed by atoms with Crippen molar-refractivity contribution in [1.82, 2.24) is 9.97 Å². The summed E-state index contributed by atoms with van der Waals surface area (Å²) in [6, 6.07) is 27.2. The number of carbonyl (C=O) groups excluding carboxylic acids is 1. The van der Waals surface area contributed by atoms with Crippen molar-refractivity contribution in [2.75, 3.05) is 0 Å². The molecule has 0 bridgehead atoms. The number of fused-ring (bicyclic) bond motifs is 5. The second-order valence-corrected chi connectivity index (χ2v) is 13.0. The van der Waals surface area contributed by atoms with Crippen molar-refractivity contribution in [3.63, 3.8) is 0 Å².